The van der Waals surface area contributed by atoms with E-state index in [1.165, 1.54) is 29.0 Å². The maximum Gasteiger partial charge on any atom is 0.417 e. The van der Waals surface area contributed by atoms with Crippen LogP contribution in [0.25, 0.3) is 0 Å². The Hall–Kier alpha value is -5.14. The molecule has 12 heteroatoms. The lowest BCUT2D eigenvalue weighted by Gasteiger charge is -2.37. The van der Waals surface area contributed by atoms with Gasteiger partial charge >= 0.3 is 6.18 Å². The molecule has 0 saturated carbocycles. The largest absolute Gasteiger partial charge is 0.417 e. The first-order valence-electron chi connectivity index (χ1n) is 17.2. The minimum absolute atomic E-state index is 0.00205. The lowest BCUT2D eigenvalue weighted by molar-refractivity contribution is -0.184. The maximum absolute atomic E-state index is 14.2. The Labute approximate surface area is 306 Å². The number of carbonyl (C=O) groups is 2. The van der Waals surface area contributed by atoms with Gasteiger partial charge < -0.3 is 24.5 Å². The van der Waals surface area contributed by atoms with Crippen molar-refractivity contribution in [3.63, 3.8) is 0 Å². The monoisotopic (exact) mass is 739 g/mol. The standard InChI is InChI=1S/C41H40F3N3O5Si/c1-53(2,3)21-20-51-27-47-24-30(38(48)32-16-10-11-17-33(32)41(42,43)44)22-36(47)39(49)46-34-19-18-31(40(50)25-52-26-40)23-35(34)45-37(28-12-6-4-7-13-28)29-14-8-5-9-15-29/h4-19,22-24,50H,20-21,25-27H2,1-3H3,(H,46,49). The Morgan fingerprint density at radius 2 is 1.51 bits per heavy atom. The van der Waals surface area contributed by atoms with E-state index < -0.39 is 42.7 Å². The second kappa shape index (κ2) is 15.5. The zero-order valence-electron chi connectivity index (χ0n) is 29.6. The first kappa shape index (κ1) is 37.6. The number of amides is 1. The van der Waals surface area contributed by atoms with Gasteiger partial charge in [0, 0.05) is 43.1 Å². The van der Waals surface area contributed by atoms with Crippen LogP contribution >= 0.6 is 0 Å². The van der Waals surface area contributed by atoms with Gasteiger partial charge in [0.2, 0.25) is 0 Å². The van der Waals surface area contributed by atoms with Gasteiger partial charge in [-0.05, 0) is 35.9 Å². The molecule has 0 spiro atoms. The molecule has 1 fully saturated rings. The summed E-state index contributed by atoms with van der Waals surface area (Å²) in [5.74, 6) is -1.52. The number of aliphatic imine (C=N–C) groups is 1. The van der Waals surface area contributed by atoms with E-state index in [1.807, 2.05) is 60.7 Å². The van der Waals surface area contributed by atoms with E-state index in [9.17, 15) is 27.9 Å². The lowest BCUT2D eigenvalue weighted by atomic mass is 9.91. The summed E-state index contributed by atoms with van der Waals surface area (Å²) in [6.45, 7) is 7.10. The van der Waals surface area contributed by atoms with Gasteiger partial charge in [0.15, 0.2) is 5.78 Å². The van der Waals surface area contributed by atoms with Crippen LogP contribution in [0, 0.1) is 0 Å². The Balaban J connectivity index is 1.40. The van der Waals surface area contributed by atoms with Crippen molar-refractivity contribution in [2.75, 3.05) is 25.1 Å². The molecule has 0 aliphatic carbocycles. The maximum atomic E-state index is 14.2. The van der Waals surface area contributed by atoms with Crippen molar-refractivity contribution in [2.24, 2.45) is 4.99 Å². The third-order valence-corrected chi connectivity index (χ3v) is 10.6. The predicted octanol–water partition coefficient (Wildman–Crippen LogP) is 8.69. The highest BCUT2D eigenvalue weighted by atomic mass is 28.3. The molecule has 5 aromatic rings. The number of halogens is 3. The molecule has 2 heterocycles. The smallest absolute Gasteiger partial charge is 0.380 e. The molecule has 4 aromatic carbocycles. The number of benzene rings is 4. The number of ketones is 1. The van der Waals surface area contributed by atoms with Crippen molar-refractivity contribution < 1.29 is 37.3 Å². The van der Waals surface area contributed by atoms with Crippen molar-refractivity contribution in [2.45, 2.75) is 44.2 Å². The molecule has 0 unspecified atom stereocenters. The third kappa shape index (κ3) is 8.91. The van der Waals surface area contributed by atoms with E-state index >= 15 is 0 Å². The van der Waals surface area contributed by atoms with Crippen LogP contribution in [0.3, 0.4) is 0 Å². The molecule has 0 bridgehead atoms. The first-order chi connectivity index (χ1) is 25.2. The van der Waals surface area contributed by atoms with Crippen LogP contribution in [0.15, 0.2) is 120 Å². The number of nitrogens with zero attached hydrogens (tertiary/aromatic N) is 2. The molecule has 1 saturated heterocycles. The summed E-state index contributed by atoms with van der Waals surface area (Å²) in [6.07, 6.45) is -3.41. The van der Waals surface area contributed by atoms with Crippen LogP contribution in [0.5, 0.6) is 0 Å². The van der Waals surface area contributed by atoms with Crippen molar-refractivity contribution in [1.82, 2.24) is 4.57 Å². The molecule has 0 radical (unpaired) electrons. The SMILES string of the molecule is C[Si](C)(C)CCOCn1cc(C(=O)c2ccccc2C(F)(F)F)cc1C(=O)Nc1ccc(C2(O)COC2)cc1N=C(c1ccccc1)c1ccccc1. The number of carbonyl (C=O) groups excluding carboxylic acids is 2. The molecule has 53 heavy (non-hydrogen) atoms. The summed E-state index contributed by atoms with van der Waals surface area (Å²) >= 11 is 0. The highest BCUT2D eigenvalue weighted by molar-refractivity contribution is 6.76. The second-order valence-electron chi connectivity index (χ2n) is 14.2. The summed E-state index contributed by atoms with van der Waals surface area (Å²) in [5, 5.41) is 14.1. The van der Waals surface area contributed by atoms with Crippen molar-refractivity contribution in [3.8, 4) is 0 Å². The minimum Gasteiger partial charge on any atom is -0.380 e. The topological polar surface area (TPSA) is 102 Å². The van der Waals surface area contributed by atoms with Gasteiger partial charge in [0.1, 0.15) is 18.0 Å². The minimum atomic E-state index is -4.75. The van der Waals surface area contributed by atoms with Gasteiger partial charge in [0.25, 0.3) is 5.91 Å². The van der Waals surface area contributed by atoms with E-state index in [2.05, 4.69) is 25.0 Å². The summed E-state index contributed by atoms with van der Waals surface area (Å²) < 4.78 is 54.3. The van der Waals surface area contributed by atoms with Crippen LogP contribution < -0.4 is 5.32 Å². The number of hydrogen-bond acceptors (Lipinski definition) is 6. The van der Waals surface area contributed by atoms with Gasteiger partial charge in [0.05, 0.1) is 35.9 Å². The molecular weight excluding hydrogens is 700 g/mol. The van der Waals surface area contributed by atoms with Crippen molar-refractivity contribution in [1.29, 1.82) is 0 Å². The Bertz CT molecular complexity index is 2080. The van der Waals surface area contributed by atoms with E-state index in [4.69, 9.17) is 14.5 Å². The fourth-order valence-electron chi connectivity index (χ4n) is 5.83. The molecule has 2 N–H and O–H groups in total. The first-order valence-corrected chi connectivity index (χ1v) is 20.9. The van der Waals surface area contributed by atoms with E-state index in [1.54, 1.807) is 18.2 Å². The number of anilines is 1. The third-order valence-electron chi connectivity index (χ3n) is 8.89. The average molecular weight is 740 g/mol. The van der Waals surface area contributed by atoms with Crippen LogP contribution in [-0.2, 0) is 28.0 Å². The number of rotatable bonds is 13. The number of aliphatic hydroxyl groups is 1. The Kier molecular flexibility index (Phi) is 11.0. The lowest BCUT2D eigenvalue weighted by Crippen LogP contribution is -2.46. The second-order valence-corrected chi connectivity index (χ2v) is 19.8. The molecule has 0 atom stereocenters. The molecule has 1 amide bonds. The molecular formula is C41H40F3N3O5Si. The zero-order valence-corrected chi connectivity index (χ0v) is 30.6. The fourth-order valence-corrected chi connectivity index (χ4v) is 6.59. The highest BCUT2D eigenvalue weighted by Crippen LogP contribution is 2.37. The molecule has 1 aromatic heterocycles. The highest BCUT2D eigenvalue weighted by Gasteiger charge is 2.39. The summed E-state index contributed by atoms with van der Waals surface area (Å²) in [7, 11) is -1.46. The normalized spacial score (nSPS) is 13.9. The number of nitrogens with one attached hydrogen (secondary N) is 1. The van der Waals surface area contributed by atoms with Crippen LogP contribution in [-0.4, -0.2) is 55.0 Å². The van der Waals surface area contributed by atoms with Crippen LogP contribution in [0.2, 0.25) is 25.7 Å². The molecule has 1 aliphatic rings. The van der Waals surface area contributed by atoms with Crippen molar-refractivity contribution in [3.05, 3.63) is 154 Å². The number of aromatic nitrogens is 1. The van der Waals surface area contributed by atoms with Gasteiger partial charge in [-0.2, -0.15) is 13.2 Å². The molecule has 8 nitrogen and oxygen atoms in total. The Morgan fingerprint density at radius 3 is 2.09 bits per heavy atom. The van der Waals surface area contributed by atoms with Gasteiger partial charge in [-0.25, -0.2) is 4.99 Å². The number of hydrogen-bond donors (Lipinski definition) is 2. The van der Waals surface area contributed by atoms with Gasteiger partial charge in [-0.15, -0.1) is 0 Å². The molecule has 1 aliphatic heterocycles. The van der Waals surface area contributed by atoms with Crippen molar-refractivity contribution >= 4 is 36.9 Å². The van der Waals surface area contributed by atoms with E-state index in [0.717, 1.165) is 29.3 Å². The van der Waals surface area contributed by atoms with Crippen LogP contribution in [0.1, 0.15) is 48.7 Å². The van der Waals surface area contributed by atoms with E-state index in [-0.39, 0.29) is 31.2 Å². The molecule has 6 rings (SSSR count). The van der Waals surface area contributed by atoms with Gasteiger partial charge in [-0.1, -0.05) is 105 Å². The number of ether oxygens (including phenoxy) is 2. The van der Waals surface area contributed by atoms with E-state index in [0.29, 0.717) is 29.3 Å². The molecule has 274 valence electrons. The van der Waals surface area contributed by atoms with Crippen LogP contribution in [0.4, 0.5) is 24.5 Å². The summed E-state index contributed by atoms with van der Waals surface area (Å²) in [6, 6.07) is 30.8. The summed E-state index contributed by atoms with van der Waals surface area (Å²) in [5.41, 5.74) is 0.538. The quantitative estimate of drug-likeness (QED) is 0.0545. The fraction of sp³-hybridized carbons (Fsp3) is 0.244. The Morgan fingerprint density at radius 1 is 0.887 bits per heavy atom. The number of alkyl halides is 3. The van der Waals surface area contributed by atoms with Gasteiger partial charge in [-0.3, -0.25) is 9.59 Å². The average Bonchev–Trinajstić information content (AvgIpc) is 3.56. The zero-order chi connectivity index (χ0) is 37.8. The predicted molar refractivity (Wildman–Crippen MR) is 201 cm³/mol. The summed E-state index contributed by atoms with van der Waals surface area (Å²) in [4.78, 5) is 32.8.